The molecule has 0 spiro atoms. The zero-order valence-electron chi connectivity index (χ0n) is 13.2. The fourth-order valence-electron chi connectivity index (χ4n) is 2.61. The molecule has 114 valence electrons. The van der Waals surface area contributed by atoms with Crippen LogP contribution in [0.3, 0.4) is 0 Å². The molecule has 0 saturated carbocycles. The number of rotatable bonds is 10. The molecule has 4 heteroatoms. The Hall–Kier alpha value is -0.160. The second-order valence-corrected chi connectivity index (χ2v) is 5.50. The Labute approximate surface area is 119 Å². The maximum atomic E-state index is 5.33. The fraction of sp³-hybridized carbons (Fsp3) is 1.00. The Morgan fingerprint density at radius 1 is 1.16 bits per heavy atom. The lowest BCUT2D eigenvalue weighted by atomic mass is 10.1. The van der Waals surface area contributed by atoms with Crippen LogP contribution in [0.15, 0.2) is 0 Å². The molecule has 0 aromatic carbocycles. The highest BCUT2D eigenvalue weighted by molar-refractivity contribution is 4.79. The normalized spacial score (nSPS) is 21.9. The van der Waals surface area contributed by atoms with E-state index in [2.05, 4.69) is 36.0 Å². The van der Waals surface area contributed by atoms with Gasteiger partial charge in [0, 0.05) is 52.0 Å². The first-order valence-electron chi connectivity index (χ1n) is 7.99. The summed E-state index contributed by atoms with van der Waals surface area (Å²) in [6, 6.07) is 0.750. The third kappa shape index (κ3) is 7.25. The molecule has 1 heterocycles. The van der Waals surface area contributed by atoms with Gasteiger partial charge in [0.15, 0.2) is 0 Å². The molecule has 0 amide bonds. The number of piperazine rings is 1. The molecule has 19 heavy (non-hydrogen) atoms. The largest absolute Gasteiger partial charge is 0.382 e. The highest BCUT2D eigenvalue weighted by Gasteiger charge is 2.21. The first-order valence-corrected chi connectivity index (χ1v) is 7.99. The number of hydrogen-bond acceptors (Lipinski definition) is 4. The Balaban J connectivity index is 1.95. The third-order valence-corrected chi connectivity index (χ3v) is 4.03. The van der Waals surface area contributed by atoms with E-state index in [1.807, 2.05) is 0 Å². The van der Waals surface area contributed by atoms with E-state index in [4.69, 9.17) is 4.74 Å². The molecule has 1 atom stereocenters. The van der Waals surface area contributed by atoms with Gasteiger partial charge in [-0.3, -0.25) is 4.90 Å². The monoisotopic (exact) mass is 271 g/mol. The molecule has 0 aromatic rings. The number of nitrogens with zero attached hydrogens (tertiary/aromatic N) is 2. The summed E-state index contributed by atoms with van der Waals surface area (Å²) in [5.41, 5.74) is 0. The summed E-state index contributed by atoms with van der Waals surface area (Å²) in [4.78, 5) is 5.10. The van der Waals surface area contributed by atoms with Crippen molar-refractivity contribution in [3.63, 3.8) is 0 Å². The van der Waals surface area contributed by atoms with E-state index in [1.54, 1.807) is 0 Å². The molecular weight excluding hydrogens is 238 g/mol. The molecule has 1 aliphatic rings. The van der Waals surface area contributed by atoms with Crippen LogP contribution in [-0.2, 0) is 4.74 Å². The Kier molecular flexibility index (Phi) is 9.43. The van der Waals surface area contributed by atoms with Crippen LogP contribution in [0.5, 0.6) is 0 Å². The number of ether oxygens (including phenoxy) is 1. The van der Waals surface area contributed by atoms with Crippen molar-refractivity contribution in [2.75, 3.05) is 59.5 Å². The summed E-state index contributed by atoms with van der Waals surface area (Å²) in [7, 11) is 2.25. The third-order valence-electron chi connectivity index (χ3n) is 4.03. The van der Waals surface area contributed by atoms with Crippen LogP contribution in [-0.4, -0.2) is 75.4 Å². The quantitative estimate of drug-likeness (QED) is 0.608. The summed E-state index contributed by atoms with van der Waals surface area (Å²) in [6.45, 7) is 13.2. The molecule has 1 rings (SSSR count). The molecule has 0 aliphatic carbocycles. The molecule has 1 N–H and O–H groups in total. The van der Waals surface area contributed by atoms with Crippen molar-refractivity contribution in [1.29, 1.82) is 0 Å². The smallest absolute Gasteiger partial charge is 0.0466 e. The summed E-state index contributed by atoms with van der Waals surface area (Å²) >= 11 is 0. The Morgan fingerprint density at radius 3 is 2.74 bits per heavy atom. The van der Waals surface area contributed by atoms with Crippen LogP contribution in [0.25, 0.3) is 0 Å². The van der Waals surface area contributed by atoms with E-state index in [-0.39, 0.29) is 0 Å². The van der Waals surface area contributed by atoms with Crippen molar-refractivity contribution in [1.82, 2.24) is 15.1 Å². The van der Waals surface area contributed by atoms with Crippen LogP contribution in [0.1, 0.15) is 33.1 Å². The molecule has 0 bridgehead atoms. The minimum Gasteiger partial charge on any atom is -0.382 e. The van der Waals surface area contributed by atoms with E-state index in [0.717, 1.165) is 32.3 Å². The lowest BCUT2D eigenvalue weighted by Gasteiger charge is -2.39. The molecular formula is C15H33N3O. The maximum absolute atomic E-state index is 5.33. The van der Waals surface area contributed by atoms with Gasteiger partial charge in [0.25, 0.3) is 0 Å². The summed E-state index contributed by atoms with van der Waals surface area (Å²) in [5.74, 6) is 0. The number of unbranched alkanes of at least 4 members (excludes halogenated alkanes) is 1. The zero-order chi connectivity index (χ0) is 13.9. The second kappa shape index (κ2) is 10.6. The molecule has 1 aliphatic heterocycles. The van der Waals surface area contributed by atoms with Crippen molar-refractivity contribution in [3.8, 4) is 0 Å². The van der Waals surface area contributed by atoms with E-state index >= 15 is 0 Å². The SMILES string of the molecule is CCOCCCCNCCN1CCN(C)C(CC)C1. The Morgan fingerprint density at radius 2 is 2.00 bits per heavy atom. The fourth-order valence-corrected chi connectivity index (χ4v) is 2.61. The van der Waals surface area contributed by atoms with Crippen LogP contribution >= 0.6 is 0 Å². The van der Waals surface area contributed by atoms with Crippen LogP contribution in [0.4, 0.5) is 0 Å². The lowest BCUT2D eigenvalue weighted by molar-refractivity contribution is 0.0938. The first-order chi connectivity index (χ1) is 9.27. The first kappa shape index (κ1) is 16.9. The lowest BCUT2D eigenvalue weighted by Crippen LogP contribution is -2.52. The average Bonchev–Trinajstić information content (AvgIpc) is 2.43. The number of hydrogen-bond donors (Lipinski definition) is 1. The van der Waals surface area contributed by atoms with E-state index in [0.29, 0.717) is 0 Å². The van der Waals surface area contributed by atoms with Gasteiger partial charge in [-0.15, -0.1) is 0 Å². The minimum absolute atomic E-state index is 0.750. The highest BCUT2D eigenvalue weighted by atomic mass is 16.5. The topological polar surface area (TPSA) is 27.7 Å². The summed E-state index contributed by atoms with van der Waals surface area (Å²) in [6.07, 6.45) is 3.66. The van der Waals surface area contributed by atoms with Crippen LogP contribution in [0.2, 0.25) is 0 Å². The van der Waals surface area contributed by atoms with E-state index in [9.17, 15) is 0 Å². The minimum atomic E-state index is 0.750. The molecule has 1 unspecified atom stereocenters. The molecule has 0 radical (unpaired) electrons. The van der Waals surface area contributed by atoms with Gasteiger partial charge < -0.3 is 15.0 Å². The standard InChI is InChI=1S/C15H33N3O/c1-4-15-14-18(12-11-17(15)3)10-9-16-8-6-7-13-19-5-2/h15-16H,4-14H2,1-3H3. The molecule has 0 aromatic heterocycles. The van der Waals surface area contributed by atoms with E-state index < -0.39 is 0 Å². The predicted molar refractivity (Wildman–Crippen MR) is 81.7 cm³/mol. The van der Waals surface area contributed by atoms with Gasteiger partial charge in [0.05, 0.1) is 0 Å². The van der Waals surface area contributed by atoms with Crippen molar-refractivity contribution < 1.29 is 4.74 Å². The van der Waals surface area contributed by atoms with Crippen molar-refractivity contribution in [3.05, 3.63) is 0 Å². The second-order valence-electron chi connectivity index (χ2n) is 5.50. The highest BCUT2D eigenvalue weighted by Crippen LogP contribution is 2.09. The number of nitrogens with one attached hydrogen (secondary N) is 1. The summed E-state index contributed by atoms with van der Waals surface area (Å²) in [5, 5.41) is 3.54. The van der Waals surface area contributed by atoms with Gasteiger partial charge in [-0.2, -0.15) is 0 Å². The van der Waals surface area contributed by atoms with Gasteiger partial charge >= 0.3 is 0 Å². The van der Waals surface area contributed by atoms with Crippen LogP contribution < -0.4 is 5.32 Å². The van der Waals surface area contributed by atoms with Crippen molar-refractivity contribution in [2.45, 2.75) is 39.2 Å². The molecule has 1 saturated heterocycles. The molecule has 1 fully saturated rings. The Bertz CT molecular complexity index is 214. The molecule has 4 nitrogen and oxygen atoms in total. The van der Waals surface area contributed by atoms with Gasteiger partial charge in [0.1, 0.15) is 0 Å². The van der Waals surface area contributed by atoms with E-state index in [1.165, 1.54) is 45.4 Å². The van der Waals surface area contributed by atoms with Crippen molar-refractivity contribution >= 4 is 0 Å². The van der Waals surface area contributed by atoms with Crippen molar-refractivity contribution in [2.24, 2.45) is 0 Å². The van der Waals surface area contributed by atoms with Gasteiger partial charge in [-0.1, -0.05) is 6.92 Å². The summed E-state index contributed by atoms with van der Waals surface area (Å²) < 4.78 is 5.33. The zero-order valence-corrected chi connectivity index (χ0v) is 13.2. The average molecular weight is 271 g/mol. The maximum Gasteiger partial charge on any atom is 0.0466 e. The van der Waals surface area contributed by atoms with Crippen LogP contribution in [0, 0.1) is 0 Å². The predicted octanol–water partition coefficient (Wildman–Crippen LogP) is 1.42. The van der Waals surface area contributed by atoms with Gasteiger partial charge in [-0.05, 0) is 39.8 Å². The van der Waals surface area contributed by atoms with Gasteiger partial charge in [-0.25, -0.2) is 0 Å². The number of likely N-dealkylation sites (N-methyl/N-ethyl adjacent to an activating group) is 1. The van der Waals surface area contributed by atoms with Gasteiger partial charge in [0.2, 0.25) is 0 Å².